The molecule has 2 heterocycles. The monoisotopic (exact) mass is 344 g/mol. The van der Waals surface area contributed by atoms with Crippen LogP contribution in [0.1, 0.15) is 56.6 Å². The summed E-state index contributed by atoms with van der Waals surface area (Å²) >= 11 is 0. The summed E-state index contributed by atoms with van der Waals surface area (Å²) in [6, 6.07) is 0. The Kier molecular flexibility index (Phi) is 3.60. The zero-order valence-corrected chi connectivity index (χ0v) is 15.1. The Morgan fingerprint density at radius 3 is 2.88 bits per heavy atom. The van der Waals surface area contributed by atoms with E-state index in [9.17, 15) is 9.59 Å². The number of aryl methyl sites for hydroxylation is 1. The van der Waals surface area contributed by atoms with Crippen LogP contribution in [0.15, 0.2) is 22.3 Å². The quantitative estimate of drug-likeness (QED) is 0.605. The fourth-order valence-corrected chi connectivity index (χ4v) is 5.01. The van der Waals surface area contributed by atoms with Crippen LogP contribution in [0.5, 0.6) is 0 Å². The summed E-state index contributed by atoms with van der Waals surface area (Å²) in [6.07, 6.45) is 5.15. The molecular formula is C20H24O5. The average molecular weight is 344 g/mol. The van der Waals surface area contributed by atoms with Gasteiger partial charge in [-0.3, -0.25) is 4.79 Å². The summed E-state index contributed by atoms with van der Waals surface area (Å²) in [5.74, 6) is 0.235. The number of hydrogen-bond acceptors (Lipinski definition) is 5. The second-order valence-corrected chi connectivity index (χ2v) is 7.81. The molecule has 25 heavy (non-hydrogen) atoms. The zero-order chi connectivity index (χ0) is 17.9. The standard InChI is InChI=1S/C20H24O5/c1-5-10(2)18(21)24-13-7-6-12-8-14-15(11(3)9-23-14)17-20(12,4)16(13)19(22)25-17/h5,9,12-13,16-17H,6-8H2,1-4H3/t12-,13+,16-,17+,20+/m1/s1. The molecule has 0 spiro atoms. The van der Waals surface area contributed by atoms with Crippen LogP contribution < -0.4 is 0 Å². The first-order chi connectivity index (χ1) is 11.9. The smallest absolute Gasteiger partial charge is 0.333 e. The molecule has 1 aromatic rings. The van der Waals surface area contributed by atoms with Crippen molar-refractivity contribution < 1.29 is 23.5 Å². The molecule has 0 radical (unpaired) electrons. The van der Waals surface area contributed by atoms with Crippen LogP contribution in [0.3, 0.4) is 0 Å². The number of ether oxygens (including phenoxy) is 2. The summed E-state index contributed by atoms with van der Waals surface area (Å²) in [5.41, 5.74) is 2.25. The second kappa shape index (κ2) is 5.48. The molecule has 1 aromatic heterocycles. The molecule has 1 aliphatic heterocycles. The van der Waals surface area contributed by atoms with Crippen LogP contribution in [-0.4, -0.2) is 18.0 Å². The minimum Gasteiger partial charge on any atom is -0.469 e. The van der Waals surface area contributed by atoms with Crippen molar-refractivity contribution in [2.24, 2.45) is 17.3 Å². The first-order valence-electron chi connectivity index (χ1n) is 8.99. The normalized spacial score (nSPS) is 36.5. The van der Waals surface area contributed by atoms with E-state index >= 15 is 0 Å². The summed E-state index contributed by atoms with van der Waals surface area (Å²) in [7, 11) is 0. The highest BCUT2D eigenvalue weighted by atomic mass is 16.6. The van der Waals surface area contributed by atoms with Crippen molar-refractivity contribution in [3.63, 3.8) is 0 Å². The van der Waals surface area contributed by atoms with Crippen LogP contribution >= 0.6 is 0 Å². The number of carbonyl (C=O) groups excluding carboxylic acids is 2. The SMILES string of the molecule is CC=C(C)C(=O)O[C@H]1CC[C@@H]2Cc3occ(C)c3[C@@H]3OC(=O)[C@@H]1[C@]23C. The predicted octanol–water partition coefficient (Wildman–Crippen LogP) is 3.65. The number of esters is 2. The Hall–Kier alpha value is -2.04. The highest BCUT2D eigenvalue weighted by Crippen LogP contribution is 2.63. The molecule has 0 bridgehead atoms. The Bertz CT molecular complexity index is 773. The van der Waals surface area contributed by atoms with E-state index in [1.807, 2.05) is 6.92 Å². The molecule has 0 amide bonds. The lowest BCUT2D eigenvalue weighted by Gasteiger charge is -2.48. The highest BCUT2D eigenvalue weighted by Gasteiger charge is 2.66. The van der Waals surface area contributed by atoms with Crippen molar-refractivity contribution in [1.29, 1.82) is 0 Å². The van der Waals surface area contributed by atoms with Crippen LogP contribution in [0.2, 0.25) is 0 Å². The first-order valence-corrected chi connectivity index (χ1v) is 8.99. The molecule has 5 heteroatoms. The van der Waals surface area contributed by atoms with Gasteiger partial charge in [0.2, 0.25) is 0 Å². The van der Waals surface area contributed by atoms with Crippen molar-refractivity contribution in [2.75, 3.05) is 0 Å². The van der Waals surface area contributed by atoms with Gasteiger partial charge in [0.1, 0.15) is 23.9 Å². The molecule has 134 valence electrons. The molecule has 2 aliphatic carbocycles. The van der Waals surface area contributed by atoms with Gasteiger partial charge in [-0.2, -0.15) is 0 Å². The molecule has 0 N–H and O–H groups in total. The van der Waals surface area contributed by atoms with Gasteiger partial charge in [0.15, 0.2) is 0 Å². The Morgan fingerprint density at radius 1 is 1.40 bits per heavy atom. The third kappa shape index (κ3) is 2.14. The fourth-order valence-electron chi connectivity index (χ4n) is 5.01. The Labute approximate surface area is 147 Å². The van der Waals surface area contributed by atoms with Gasteiger partial charge in [0.25, 0.3) is 0 Å². The van der Waals surface area contributed by atoms with Crippen molar-refractivity contribution >= 4 is 11.9 Å². The summed E-state index contributed by atoms with van der Waals surface area (Å²) in [5, 5.41) is 0. The summed E-state index contributed by atoms with van der Waals surface area (Å²) in [4.78, 5) is 25.0. The maximum absolute atomic E-state index is 12.8. The maximum Gasteiger partial charge on any atom is 0.333 e. The number of hydrogen-bond donors (Lipinski definition) is 0. The number of carbonyl (C=O) groups is 2. The van der Waals surface area contributed by atoms with E-state index in [1.165, 1.54) is 0 Å². The maximum atomic E-state index is 12.8. The van der Waals surface area contributed by atoms with Gasteiger partial charge in [-0.05, 0) is 45.1 Å². The van der Waals surface area contributed by atoms with E-state index in [1.54, 1.807) is 26.2 Å². The third-order valence-electron chi connectivity index (χ3n) is 6.58. The van der Waals surface area contributed by atoms with Crippen molar-refractivity contribution in [1.82, 2.24) is 0 Å². The molecule has 2 fully saturated rings. The molecule has 5 nitrogen and oxygen atoms in total. The Balaban J connectivity index is 1.71. The molecule has 3 aliphatic rings. The van der Waals surface area contributed by atoms with Crippen molar-refractivity contribution in [2.45, 2.75) is 59.2 Å². The van der Waals surface area contributed by atoms with Crippen molar-refractivity contribution in [3.05, 3.63) is 34.8 Å². The van der Waals surface area contributed by atoms with Gasteiger partial charge in [-0.1, -0.05) is 13.0 Å². The van der Waals surface area contributed by atoms with Crippen LogP contribution in [-0.2, 0) is 25.5 Å². The minimum atomic E-state index is -0.421. The van der Waals surface area contributed by atoms with E-state index in [2.05, 4.69) is 6.92 Å². The number of rotatable bonds is 2. The Morgan fingerprint density at radius 2 is 2.16 bits per heavy atom. The third-order valence-corrected chi connectivity index (χ3v) is 6.58. The van der Waals surface area contributed by atoms with E-state index in [0.29, 0.717) is 17.9 Å². The molecule has 0 unspecified atom stereocenters. The first kappa shape index (κ1) is 16.4. The lowest BCUT2D eigenvalue weighted by atomic mass is 9.54. The molecule has 1 saturated heterocycles. The van der Waals surface area contributed by atoms with Crippen LogP contribution in [0, 0.1) is 24.2 Å². The summed E-state index contributed by atoms with van der Waals surface area (Å²) < 4.78 is 17.3. The molecule has 1 saturated carbocycles. The number of allylic oxidation sites excluding steroid dienone is 1. The van der Waals surface area contributed by atoms with E-state index < -0.39 is 12.0 Å². The van der Waals surface area contributed by atoms with Gasteiger partial charge in [-0.25, -0.2) is 4.79 Å². The average Bonchev–Trinajstić information content (AvgIpc) is 3.07. The van der Waals surface area contributed by atoms with Gasteiger partial charge in [-0.15, -0.1) is 0 Å². The topological polar surface area (TPSA) is 65.7 Å². The van der Waals surface area contributed by atoms with E-state index in [4.69, 9.17) is 13.9 Å². The highest BCUT2D eigenvalue weighted by molar-refractivity contribution is 5.88. The van der Waals surface area contributed by atoms with Crippen LogP contribution in [0.25, 0.3) is 0 Å². The molecular weight excluding hydrogens is 320 g/mol. The molecule has 5 atom stereocenters. The number of furan rings is 1. The minimum absolute atomic E-state index is 0.249. The largest absolute Gasteiger partial charge is 0.469 e. The fraction of sp³-hybridized carbons (Fsp3) is 0.600. The van der Waals surface area contributed by atoms with Gasteiger partial charge < -0.3 is 13.9 Å². The van der Waals surface area contributed by atoms with E-state index in [0.717, 1.165) is 29.7 Å². The predicted molar refractivity (Wildman–Crippen MR) is 89.6 cm³/mol. The van der Waals surface area contributed by atoms with Gasteiger partial charge in [0.05, 0.1) is 6.26 Å². The summed E-state index contributed by atoms with van der Waals surface area (Å²) in [6.45, 7) is 7.64. The van der Waals surface area contributed by atoms with Crippen LogP contribution in [0.4, 0.5) is 0 Å². The second-order valence-electron chi connectivity index (χ2n) is 7.81. The zero-order valence-electron chi connectivity index (χ0n) is 15.1. The van der Waals surface area contributed by atoms with E-state index in [-0.39, 0.29) is 23.5 Å². The lowest BCUT2D eigenvalue weighted by Crippen LogP contribution is -2.51. The molecule has 0 aromatic carbocycles. The lowest BCUT2D eigenvalue weighted by molar-refractivity contribution is -0.159. The van der Waals surface area contributed by atoms with Gasteiger partial charge in [0, 0.05) is 23.0 Å². The van der Waals surface area contributed by atoms with Gasteiger partial charge >= 0.3 is 11.9 Å². The number of fused-ring (bicyclic) bond motifs is 2. The molecule has 4 rings (SSSR count). The van der Waals surface area contributed by atoms with Crippen molar-refractivity contribution in [3.8, 4) is 0 Å².